The molecule has 0 radical (unpaired) electrons. The zero-order chi connectivity index (χ0) is 26.0. The molecule has 0 atom stereocenters. The topological polar surface area (TPSA) is 83.1 Å². The predicted octanol–water partition coefficient (Wildman–Crippen LogP) is 7.77. The van der Waals surface area contributed by atoms with Crippen molar-refractivity contribution < 1.29 is 22.8 Å². The van der Waals surface area contributed by atoms with Gasteiger partial charge in [0.1, 0.15) is 0 Å². The fourth-order valence-corrected chi connectivity index (χ4v) is 4.11. The van der Waals surface area contributed by atoms with Gasteiger partial charge in [-0.05, 0) is 48.9 Å². The second-order valence-electron chi connectivity index (χ2n) is 7.73. The third-order valence-electron chi connectivity index (χ3n) is 5.21. The Bertz CT molecular complexity index is 1470. The highest BCUT2D eigenvalue weighted by Crippen LogP contribution is 2.33. The fraction of sp³-hybridized carbons (Fsp3) is 0.0800. The number of fused-ring (bicyclic) bond motifs is 1. The Kier molecular flexibility index (Phi) is 7.05. The minimum Gasteiger partial charge on any atom is -0.320 e. The van der Waals surface area contributed by atoms with Crippen molar-refractivity contribution in [3.8, 4) is 0 Å². The van der Waals surface area contributed by atoms with Crippen LogP contribution in [0.3, 0.4) is 0 Å². The van der Waals surface area contributed by atoms with E-state index in [1.807, 2.05) is 0 Å². The van der Waals surface area contributed by atoms with E-state index in [-0.39, 0.29) is 21.3 Å². The number of nitrogens with one attached hydrogen (secondary N) is 3. The first kappa shape index (κ1) is 25.3. The smallest absolute Gasteiger partial charge is 0.320 e. The number of carbonyl (C=O) groups is 2. The van der Waals surface area contributed by atoms with Crippen LogP contribution in [0.1, 0.15) is 21.5 Å². The summed E-state index contributed by atoms with van der Waals surface area (Å²) in [6, 6.07) is 13.2. The summed E-state index contributed by atoms with van der Waals surface area (Å²) in [6.07, 6.45) is -3.04. The number of carbonyl (C=O) groups excluding carboxylic acids is 2. The number of alkyl halides is 3. The Morgan fingerprint density at radius 3 is 2.25 bits per heavy atom. The van der Waals surface area contributed by atoms with Crippen LogP contribution < -0.4 is 16.0 Å². The van der Waals surface area contributed by atoms with E-state index in [4.69, 9.17) is 23.2 Å². The second-order valence-corrected chi connectivity index (χ2v) is 8.54. The predicted molar refractivity (Wildman–Crippen MR) is 135 cm³/mol. The zero-order valence-corrected chi connectivity index (χ0v) is 20.0. The van der Waals surface area contributed by atoms with Crippen LogP contribution in [0, 0.1) is 6.92 Å². The van der Waals surface area contributed by atoms with Crippen molar-refractivity contribution in [2.24, 2.45) is 0 Å². The van der Waals surface area contributed by atoms with E-state index in [0.717, 1.165) is 12.1 Å². The molecule has 0 fully saturated rings. The number of nitrogens with zero attached hydrogens (tertiary/aromatic N) is 1. The van der Waals surface area contributed by atoms with Crippen LogP contribution in [0.25, 0.3) is 10.9 Å². The zero-order valence-electron chi connectivity index (χ0n) is 18.5. The van der Waals surface area contributed by atoms with Crippen LogP contribution in [0.15, 0.2) is 66.9 Å². The number of hydrogen-bond acceptors (Lipinski definition) is 3. The SMILES string of the molecule is Cc1cnc2c(NC(=O)c3c(Cl)cccc3Cl)cccc2c1NC(=O)Nc1cccc(C(F)(F)F)c1. The molecule has 0 saturated carbocycles. The van der Waals surface area contributed by atoms with Crippen LogP contribution in [-0.4, -0.2) is 16.9 Å². The van der Waals surface area contributed by atoms with Gasteiger partial charge >= 0.3 is 12.2 Å². The number of para-hydroxylation sites is 1. The summed E-state index contributed by atoms with van der Waals surface area (Å²) in [7, 11) is 0. The Hall–Kier alpha value is -3.82. The number of amides is 3. The molecule has 0 bridgehead atoms. The lowest BCUT2D eigenvalue weighted by Crippen LogP contribution is -2.21. The normalized spacial score (nSPS) is 11.3. The third kappa shape index (κ3) is 5.37. The van der Waals surface area contributed by atoms with Crippen LogP contribution in [0.5, 0.6) is 0 Å². The quantitative estimate of drug-likeness (QED) is 0.251. The van der Waals surface area contributed by atoms with Crippen molar-refractivity contribution in [2.75, 3.05) is 16.0 Å². The van der Waals surface area contributed by atoms with E-state index >= 15 is 0 Å². The highest BCUT2D eigenvalue weighted by atomic mass is 35.5. The maximum atomic E-state index is 13.0. The molecule has 3 N–H and O–H groups in total. The number of anilines is 3. The first-order valence-electron chi connectivity index (χ1n) is 10.4. The van der Waals surface area contributed by atoms with E-state index in [2.05, 4.69) is 20.9 Å². The Morgan fingerprint density at radius 1 is 0.889 bits per heavy atom. The first-order chi connectivity index (χ1) is 17.0. The van der Waals surface area contributed by atoms with E-state index in [9.17, 15) is 22.8 Å². The van der Waals surface area contributed by atoms with Crippen LogP contribution in [-0.2, 0) is 6.18 Å². The molecule has 0 spiro atoms. The molecule has 4 rings (SSSR count). The van der Waals surface area contributed by atoms with Crippen molar-refractivity contribution in [1.29, 1.82) is 0 Å². The van der Waals surface area contributed by atoms with Gasteiger partial charge in [0, 0.05) is 17.3 Å². The van der Waals surface area contributed by atoms with Crippen LogP contribution >= 0.6 is 23.2 Å². The number of aromatic nitrogens is 1. The van der Waals surface area contributed by atoms with Gasteiger partial charge < -0.3 is 16.0 Å². The van der Waals surface area contributed by atoms with E-state index < -0.39 is 23.7 Å². The number of benzene rings is 3. The summed E-state index contributed by atoms with van der Waals surface area (Å²) in [6.45, 7) is 1.71. The van der Waals surface area contributed by atoms with E-state index in [1.54, 1.807) is 31.2 Å². The van der Waals surface area contributed by atoms with Crippen LogP contribution in [0.4, 0.5) is 35.0 Å². The first-order valence-corrected chi connectivity index (χ1v) is 11.2. The molecule has 184 valence electrons. The maximum absolute atomic E-state index is 13.0. The van der Waals surface area contributed by atoms with Crippen LogP contribution in [0.2, 0.25) is 10.0 Å². The van der Waals surface area contributed by atoms with E-state index in [1.165, 1.54) is 30.5 Å². The van der Waals surface area contributed by atoms with Crippen molar-refractivity contribution in [3.63, 3.8) is 0 Å². The molecule has 0 aliphatic heterocycles. The molecule has 0 unspecified atom stereocenters. The Balaban J connectivity index is 1.62. The molecule has 6 nitrogen and oxygen atoms in total. The lowest BCUT2D eigenvalue weighted by Gasteiger charge is -2.15. The second kappa shape index (κ2) is 10.0. The molecule has 0 aliphatic carbocycles. The van der Waals surface area contributed by atoms with Gasteiger partial charge in [0.25, 0.3) is 5.91 Å². The minimum absolute atomic E-state index is 0.0251. The molecule has 11 heteroatoms. The van der Waals surface area contributed by atoms with Gasteiger partial charge in [0.2, 0.25) is 0 Å². The number of pyridine rings is 1. The molecule has 3 amide bonds. The average Bonchev–Trinajstić information content (AvgIpc) is 2.80. The number of halogens is 5. The van der Waals surface area contributed by atoms with Crippen molar-refractivity contribution in [3.05, 3.63) is 93.6 Å². The standard InChI is InChI=1S/C25H17Cl2F3N4O2/c1-13-12-31-22-16(7-3-10-19(22)33-23(35)20-17(26)8-4-9-18(20)27)21(13)34-24(36)32-15-6-2-5-14(11-15)25(28,29)30/h2-12H,1H3,(H,33,35)(H2,31,32,34,36). The average molecular weight is 533 g/mol. The number of aryl methyl sites for hydroxylation is 1. The lowest BCUT2D eigenvalue weighted by atomic mass is 10.1. The Labute approximate surface area is 213 Å². The minimum atomic E-state index is -4.54. The van der Waals surface area contributed by atoms with Crippen molar-refractivity contribution in [1.82, 2.24) is 4.98 Å². The van der Waals surface area contributed by atoms with Crippen molar-refractivity contribution in [2.45, 2.75) is 13.1 Å². The molecule has 4 aromatic rings. The number of urea groups is 1. The summed E-state index contributed by atoms with van der Waals surface area (Å²) in [5, 5.41) is 8.66. The summed E-state index contributed by atoms with van der Waals surface area (Å²) < 4.78 is 38.9. The van der Waals surface area contributed by atoms with Gasteiger partial charge in [0.05, 0.1) is 38.1 Å². The highest BCUT2D eigenvalue weighted by Gasteiger charge is 2.30. The summed E-state index contributed by atoms with van der Waals surface area (Å²) >= 11 is 12.3. The molecule has 1 heterocycles. The summed E-state index contributed by atoms with van der Waals surface area (Å²) in [4.78, 5) is 29.9. The van der Waals surface area contributed by atoms with Gasteiger partial charge in [-0.3, -0.25) is 9.78 Å². The Morgan fingerprint density at radius 2 is 1.56 bits per heavy atom. The lowest BCUT2D eigenvalue weighted by molar-refractivity contribution is -0.137. The monoisotopic (exact) mass is 532 g/mol. The van der Waals surface area contributed by atoms with Crippen molar-refractivity contribution >= 4 is 63.1 Å². The maximum Gasteiger partial charge on any atom is 0.416 e. The largest absolute Gasteiger partial charge is 0.416 e. The van der Waals surface area contributed by atoms with Gasteiger partial charge in [0.15, 0.2) is 0 Å². The summed E-state index contributed by atoms with van der Waals surface area (Å²) in [5.74, 6) is -0.544. The molecule has 0 saturated heterocycles. The molecular weight excluding hydrogens is 516 g/mol. The van der Waals surface area contributed by atoms with Gasteiger partial charge in [-0.15, -0.1) is 0 Å². The molecule has 3 aromatic carbocycles. The van der Waals surface area contributed by atoms with E-state index in [0.29, 0.717) is 27.8 Å². The fourth-order valence-electron chi connectivity index (χ4n) is 3.54. The molecule has 0 aliphatic rings. The highest BCUT2D eigenvalue weighted by molar-refractivity contribution is 6.40. The van der Waals surface area contributed by atoms with Gasteiger partial charge in [-0.1, -0.05) is 47.5 Å². The summed E-state index contributed by atoms with van der Waals surface area (Å²) in [5.41, 5.74) is 0.871. The molecule has 36 heavy (non-hydrogen) atoms. The van der Waals surface area contributed by atoms with Gasteiger partial charge in [-0.25, -0.2) is 4.79 Å². The number of hydrogen-bond donors (Lipinski definition) is 3. The third-order valence-corrected chi connectivity index (χ3v) is 5.84. The van der Waals surface area contributed by atoms with Gasteiger partial charge in [-0.2, -0.15) is 13.2 Å². The molecule has 1 aromatic heterocycles. The number of rotatable bonds is 4. The molecular formula is C25H17Cl2F3N4O2.